The van der Waals surface area contributed by atoms with E-state index in [1.807, 2.05) is 30.3 Å². The van der Waals surface area contributed by atoms with Crippen molar-refractivity contribution < 1.29 is 9.90 Å². The fraction of sp³-hybridized carbons (Fsp3) is 0.133. The van der Waals surface area contributed by atoms with Crippen LogP contribution in [0.4, 0.5) is 0 Å². The average Bonchev–Trinajstić information content (AvgIpc) is 2.40. The molecular formula is C15H12Cl2O2. The van der Waals surface area contributed by atoms with Crippen molar-refractivity contribution in [3.63, 3.8) is 0 Å². The van der Waals surface area contributed by atoms with Crippen molar-refractivity contribution in [2.45, 2.75) is 12.8 Å². The summed E-state index contributed by atoms with van der Waals surface area (Å²) in [5.74, 6) is -0.790. The lowest BCUT2D eigenvalue weighted by molar-refractivity contribution is -0.136. The molecule has 0 amide bonds. The van der Waals surface area contributed by atoms with Crippen LogP contribution in [0.25, 0.3) is 11.1 Å². The first-order valence-electron chi connectivity index (χ1n) is 5.82. The van der Waals surface area contributed by atoms with Gasteiger partial charge in [-0.3, -0.25) is 4.79 Å². The van der Waals surface area contributed by atoms with Gasteiger partial charge in [0.15, 0.2) is 0 Å². The van der Waals surface area contributed by atoms with Crippen LogP contribution in [-0.2, 0) is 11.2 Å². The lowest BCUT2D eigenvalue weighted by atomic mass is 10.0. The Balaban J connectivity index is 2.22. The Bertz CT molecular complexity index is 592. The zero-order valence-corrected chi connectivity index (χ0v) is 11.6. The number of hydrogen-bond acceptors (Lipinski definition) is 1. The van der Waals surface area contributed by atoms with E-state index in [1.165, 1.54) is 0 Å². The maximum atomic E-state index is 10.5. The van der Waals surface area contributed by atoms with E-state index < -0.39 is 5.97 Å². The molecule has 0 spiro atoms. The summed E-state index contributed by atoms with van der Waals surface area (Å²) in [5, 5.41) is 9.92. The molecule has 2 aromatic carbocycles. The van der Waals surface area contributed by atoms with E-state index in [0.717, 1.165) is 16.7 Å². The fourth-order valence-corrected chi connectivity index (χ4v) is 2.22. The van der Waals surface area contributed by atoms with Crippen LogP contribution in [0.15, 0.2) is 42.5 Å². The van der Waals surface area contributed by atoms with Gasteiger partial charge in [-0.2, -0.15) is 0 Å². The summed E-state index contributed by atoms with van der Waals surface area (Å²) < 4.78 is 0. The molecular weight excluding hydrogens is 283 g/mol. The van der Waals surface area contributed by atoms with Crippen molar-refractivity contribution in [3.8, 4) is 11.1 Å². The third-order valence-corrected chi connectivity index (χ3v) is 3.39. The van der Waals surface area contributed by atoms with Crippen molar-refractivity contribution in [2.24, 2.45) is 0 Å². The highest BCUT2D eigenvalue weighted by atomic mass is 35.5. The lowest BCUT2D eigenvalue weighted by Crippen LogP contribution is -1.97. The van der Waals surface area contributed by atoms with Gasteiger partial charge < -0.3 is 5.11 Å². The van der Waals surface area contributed by atoms with Gasteiger partial charge in [0.25, 0.3) is 0 Å². The maximum absolute atomic E-state index is 10.5. The van der Waals surface area contributed by atoms with Gasteiger partial charge in [-0.15, -0.1) is 0 Å². The van der Waals surface area contributed by atoms with Gasteiger partial charge in [-0.05, 0) is 35.7 Å². The Labute approximate surface area is 121 Å². The quantitative estimate of drug-likeness (QED) is 0.889. The molecule has 19 heavy (non-hydrogen) atoms. The lowest BCUT2D eigenvalue weighted by Gasteiger charge is -2.06. The van der Waals surface area contributed by atoms with Crippen LogP contribution in [0.3, 0.4) is 0 Å². The van der Waals surface area contributed by atoms with Crippen LogP contribution in [-0.4, -0.2) is 11.1 Å². The molecule has 0 aliphatic rings. The van der Waals surface area contributed by atoms with Crippen molar-refractivity contribution >= 4 is 29.2 Å². The molecule has 0 saturated heterocycles. The monoisotopic (exact) mass is 294 g/mol. The second-order valence-corrected chi connectivity index (χ2v) is 5.06. The Hall–Kier alpha value is -1.51. The number of carbonyl (C=O) groups is 1. The minimum Gasteiger partial charge on any atom is -0.481 e. The fourth-order valence-electron chi connectivity index (χ4n) is 1.82. The van der Waals surface area contributed by atoms with E-state index in [2.05, 4.69) is 0 Å². The average molecular weight is 295 g/mol. The van der Waals surface area contributed by atoms with Crippen LogP contribution >= 0.6 is 23.2 Å². The number of carboxylic acid groups (broad SMARTS) is 1. The number of carboxylic acids is 1. The number of hydrogen-bond donors (Lipinski definition) is 1. The summed E-state index contributed by atoms with van der Waals surface area (Å²) in [6, 6.07) is 13.0. The summed E-state index contributed by atoms with van der Waals surface area (Å²) in [6.07, 6.45) is 0.663. The highest BCUT2D eigenvalue weighted by Gasteiger charge is 2.05. The predicted molar refractivity (Wildman–Crippen MR) is 77.9 cm³/mol. The van der Waals surface area contributed by atoms with Gasteiger partial charge >= 0.3 is 5.97 Å². The zero-order valence-electron chi connectivity index (χ0n) is 10.1. The SMILES string of the molecule is O=C(O)CCc1ccc(-c2cc(Cl)ccc2Cl)cc1. The molecule has 0 saturated carbocycles. The molecule has 2 rings (SSSR count). The van der Waals surface area contributed by atoms with Crippen LogP contribution in [0.5, 0.6) is 0 Å². The molecule has 98 valence electrons. The molecule has 0 aliphatic heterocycles. The minimum absolute atomic E-state index is 0.136. The second kappa shape index (κ2) is 6.09. The maximum Gasteiger partial charge on any atom is 0.303 e. The topological polar surface area (TPSA) is 37.3 Å². The first-order chi connectivity index (χ1) is 9.06. The predicted octanol–water partition coefficient (Wildman–Crippen LogP) is 4.68. The van der Waals surface area contributed by atoms with Crippen LogP contribution in [0.2, 0.25) is 10.0 Å². The molecule has 0 unspecified atom stereocenters. The van der Waals surface area contributed by atoms with Crippen LogP contribution < -0.4 is 0 Å². The van der Waals surface area contributed by atoms with E-state index in [4.69, 9.17) is 28.3 Å². The third kappa shape index (κ3) is 3.72. The molecule has 2 nitrogen and oxygen atoms in total. The largest absolute Gasteiger partial charge is 0.481 e. The Morgan fingerprint density at radius 3 is 2.37 bits per heavy atom. The zero-order chi connectivity index (χ0) is 13.8. The first kappa shape index (κ1) is 13.9. The van der Waals surface area contributed by atoms with Gasteiger partial charge in [-0.25, -0.2) is 0 Å². The highest BCUT2D eigenvalue weighted by Crippen LogP contribution is 2.30. The molecule has 0 radical (unpaired) electrons. The molecule has 0 atom stereocenters. The number of aryl methyl sites for hydroxylation is 1. The van der Waals surface area contributed by atoms with Gasteiger partial charge in [0.1, 0.15) is 0 Å². The van der Waals surface area contributed by atoms with Gasteiger partial charge in [0, 0.05) is 22.0 Å². The number of aliphatic carboxylic acids is 1. The van der Waals surface area contributed by atoms with Crippen LogP contribution in [0, 0.1) is 0 Å². The summed E-state index contributed by atoms with van der Waals surface area (Å²) in [7, 11) is 0. The van der Waals surface area contributed by atoms with Crippen molar-refractivity contribution in [2.75, 3.05) is 0 Å². The van der Waals surface area contributed by atoms with E-state index in [1.54, 1.807) is 12.1 Å². The molecule has 2 aromatic rings. The van der Waals surface area contributed by atoms with Gasteiger partial charge in [0.2, 0.25) is 0 Å². The molecule has 0 heterocycles. The highest BCUT2D eigenvalue weighted by molar-refractivity contribution is 6.35. The molecule has 0 aromatic heterocycles. The van der Waals surface area contributed by atoms with Gasteiger partial charge in [0.05, 0.1) is 0 Å². The van der Waals surface area contributed by atoms with E-state index in [0.29, 0.717) is 16.5 Å². The number of rotatable bonds is 4. The molecule has 1 N–H and O–H groups in total. The summed E-state index contributed by atoms with van der Waals surface area (Å²) >= 11 is 12.1. The molecule has 0 aliphatic carbocycles. The summed E-state index contributed by atoms with van der Waals surface area (Å²) in [5.41, 5.74) is 2.83. The first-order valence-corrected chi connectivity index (χ1v) is 6.58. The number of halogens is 2. The van der Waals surface area contributed by atoms with Crippen molar-refractivity contribution in [1.82, 2.24) is 0 Å². The van der Waals surface area contributed by atoms with Crippen LogP contribution in [0.1, 0.15) is 12.0 Å². The standard InChI is InChI=1S/C15H12Cl2O2/c16-12-6-7-14(17)13(9-12)11-4-1-10(2-5-11)3-8-15(18)19/h1-2,4-7,9H,3,8H2,(H,18,19). The van der Waals surface area contributed by atoms with E-state index >= 15 is 0 Å². The molecule has 4 heteroatoms. The van der Waals surface area contributed by atoms with Gasteiger partial charge in [-0.1, -0.05) is 47.5 Å². The number of benzene rings is 2. The smallest absolute Gasteiger partial charge is 0.303 e. The Morgan fingerprint density at radius 2 is 1.74 bits per heavy atom. The normalized spacial score (nSPS) is 10.4. The van der Waals surface area contributed by atoms with Crippen molar-refractivity contribution in [3.05, 3.63) is 58.1 Å². The minimum atomic E-state index is -0.790. The Kier molecular flexibility index (Phi) is 4.46. The Morgan fingerprint density at radius 1 is 1.05 bits per heavy atom. The van der Waals surface area contributed by atoms with E-state index in [-0.39, 0.29) is 6.42 Å². The summed E-state index contributed by atoms with van der Waals surface area (Å²) in [6.45, 7) is 0. The van der Waals surface area contributed by atoms with Crippen molar-refractivity contribution in [1.29, 1.82) is 0 Å². The summed E-state index contributed by atoms with van der Waals surface area (Å²) in [4.78, 5) is 10.5. The molecule has 0 bridgehead atoms. The second-order valence-electron chi connectivity index (χ2n) is 4.21. The third-order valence-electron chi connectivity index (χ3n) is 2.82. The van der Waals surface area contributed by atoms with E-state index in [9.17, 15) is 4.79 Å². The molecule has 0 fully saturated rings.